The van der Waals surface area contributed by atoms with Crippen LogP contribution in [0.1, 0.15) is 18.5 Å². The van der Waals surface area contributed by atoms with Crippen molar-refractivity contribution in [3.63, 3.8) is 0 Å². The van der Waals surface area contributed by atoms with Crippen molar-refractivity contribution in [1.82, 2.24) is 0 Å². The molecule has 0 fully saturated rings. The summed E-state index contributed by atoms with van der Waals surface area (Å²) in [6.45, 7) is 1.96. The zero-order valence-electron chi connectivity index (χ0n) is 10.6. The minimum absolute atomic E-state index is 0.0976. The first kappa shape index (κ1) is 12.5. The smallest absolute Gasteiger partial charge is 0.119 e. The topological polar surface area (TPSA) is 32.7 Å². The van der Waals surface area contributed by atoms with Gasteiger partial charge in [0.05, 0.1) is 18.8 Å². The highest BCUT2D eigenvalue weighted by molar-refractivity contribution is 5.48. The molecule has 3 heteroatoms. The number of rotatable bonds is 4. The normalized spacial score (nSPS) is 11.9. The first-order valence-electron chi connectivity index (χ1n) is 5.89. The van der Waals surface area contributed by atoms with E-state index < -0.39 is 0 Å². The van der Waals surface area contributed by atoms with Gasteiger partial charge in [-0.25, -0.2) is 5.06 Å². The van der Waals surface area contributed by atoms with Gasteiger partial charge >= 0.3 is 0 Å². The molecule has 0 aliphatic heterocycles. The summed E-state index contributed by atoms with van der Waals surface area (Å²) in [6.07, 6.45) is 0. The minimum atomic E-state index is -0.0976. The van der Waals surface area contributed by atoms with Gasteiger partial charge < -0.3 is 4.74 Å². The zero-order chi connectivity index (χ0) is 13.0. The molecular formula is C15H17NO2. The Hall–Kier alpha value is -2.00. The number of anilines is 1. The Labute approximate surface area is 107 Å². The van der Waals surface area contributed by atoms with Crippen molar-refractivity contribution < 1.29 is 9.94 Å². The van der Waals surface area contributed by atoms with Crippen molar-refractivity contribution in [2.75, 3.05) is 12.2 Å². The van der Waals surface area contributed by atoms with E-state index in [2.05, 4.69) is 0 Å². The maximum atomic E-state index is 10.2. The number of ether oxygens (including phenoxy) is 1. The molecular weight excluding hydrogens is 226 g/mol. The number of hydroxylamine groups is 1. The zero-order valence-corrected chi connectivity index (χ0v) is 10.6. The molecule has 2 aromatic rings. The van der Waals surface area contributed by atoms with Gasteiger partial charge in [-0.1, -0.05) is 30.3 Å². The predicted molar refractivity (Wildman–Crippen MR) is 72.1 cm³/mol. The van der Waals surface area contributed by atoms with Gasteiger partial charge in [-0.3, -0.25) is 5.21 Å². The maximum Gasteiger partial charge on any atom is 0.119 e. The van der Waals surface area contributed by atoms with Crippen molar-refractivity contribution in [1.29, 1.82) is 0 Å². The van der Waals surface area contributed by atoms with Crippen LogP contribution in [0, 0.1) is 0 Å². The number of methoxy groups -OCH3 is 1. The second-order valence-corrected chi connectivity index (χ2v) is 4.13. The Morgan fingerprint density at radius 1 is 1.00 bits per heavy atom. The molecule has 0 bridgehead atoms. The van der Waals surface area contributed by atoms with Gasteiger partial charge in [0.1, 0.15) is 5.75 Å². The third-order valence-corrected chi connectivity index (χ3v) is 2.99. The van der Waals surface area contributed by atoms with Gasteiger partial charge in [-0.15, -0.1) is 0 Å². The average Bonchev–Trinajstić information content (AvgIpc) is 2.47. The van der Waals surface area contributed by atoms with Crippen LogP contribution in [-0.4, -0.2) is 12.3 Å². The largest absolute Gasteiger partial charge is 0.497 e. The second-order valence-electron chi connectivity index (χ2n) is 4.13. The molecule has 0 radical (unpaired) electrons. The van der Waals surface area contributed by atoms with Crippen LogP contribution >= 0.6 is 0 Å². The Morgan fingerprint density at radius 3 is 2.17 bits per heavy atom. The molecule has 0 saturated carbocycles. The van der Waals surface area contributed by atoms with E-state index in [0.717, 1.165) is 17.0 Å². The van der Waals surface area contributed by atoms with E-state index in [4.69, 9.17) is 4.74 Å². The fourth-order valence-corrected chi connectivity index (χ4v) is 1.83. The SMILES string of the molecule is COc1ccc(N(O)C(C)c2ccccc2)cc1. The number of nitrogens with zero attached hydrogens (tertiary/aromatic N) is 1. The standard InChI is InChI=1S/C15H17NO2/c1-12(13-6-4-3-5-7-13)16(17)14-8-10-15(18-2)11-9-14/h3-12,17H,1-2H3. The summed E-state index contributed by atoms with van der Waals surface area (Å²) < 4.78 is 5.09. The number of hydrogen-bond acceptors (Lipinski definition) is 3. The molecule has 0 aliphatic carbocycles. The van der Waals surface area contributed by atoms with Crippen molar-refractivity contribution in [3.8, 4) is 5.75 Å². The third-order valence-electron chi connectivity index (χ3n) is 2.99. The highest BCUT2D eigenvalue weighted by atomic mass is 16.5. The van der Waals surface area contributed by atoms with Gasteiger partial charge in [0, 0.05) is 0 Å². The number of hydrogen-bond donors (Lipinski definition) is 1. The fraction of sp³-hybridized carbons (Fsp3) is 0.200. The van der Waals surface area contributed by atoms with Gasteiger partial charge in [-0.2, -0.15) is 0 Å². The lowest BCUT2D eigenvalue weighted by molar-refractivity contribution is 0.223. The van der Waals surface area contributed by atoms with E-state index in [0.29, 0.717) is 0 Å². The Morgan fingerprint density at radius 2 is 1.61 bits per heavy atom. The predicted octanol–water partition coefficient (Wildman–Crippen LogP) is 3.65. The van der Waals surface area contributed by atoms with E-state index in [1.54, 1.807) is 7.11 Å². The molecule has 2 aromatic carbocycles. The van der Waals surface area contributed by atoms with Crippen LogP contribution in [0.5, 0.6) is 5.75 Å². The van der Waals surface area contributed by atoms with Crippen LogP contribution in [0.15, 0.2) is 54.6 Å². The van der Waals surface area contributed by atoms with Crippen LogP contribution in [0.4, 0.5) is 5.69 Å². The fourth-order valence-electron chi connectivity index (χ4n) is 1.83. The average molecular weight is 243 g/mol. The maximum absolute atomic E-state index is 10.2. The molecule has 0 aromatic heterocycles. The summed E-state index contributed by atoms with van der Waals surface area (Å²) >= 11 is 0. The van der Waals surface area contributed by atoms with Crippen LogP contribution in [-0.2, 0) is 0 Å². The molecule has 1 atom stereocenters. The molecule has 0 saturated heterocycles. The molecule has 18 heavy (non-hydrogen) atoms. The summed E-state index contributed by atoms with van der Waals surface area (Å²) in [4.78, 5) is 0. The van der Waals surface area contributed by atoms with Crippen LogP contribution in [0.3, 0.4) is 0 Å². The van der Waals surface area contributed by atoms with Gasteiger partial charge in [0.15, 0.2) is 0 Å². The molecule has 0 heterocycles. The second kappa shape index (κ2) is 5.56. The van der Waals surface area contributed by atoms with E-state index in [1.807, 2.05) is 61.5 Å². The van der Waals surface area contributed by atoms with E-state index >= 15 is 0 Å². The molecule has 2 rings (SSSR count). The van der Waals surface area contributed by atoms with Crippen molar-refractivity contribution in [2.24, 2.45) is 0 Å². The van der Waals surface area contributed by atoms with Crippen molar-refractivity contribution in [2.45, 2.75) is 13.0 Å². The van der Waals surface area contributed by atoms with Gasteiger partial charge in [0.25, 0.3) is 0 Å². The van der Waals surface area contributed by atoms with Crippen LogP contribution in [0.25, 0.3) is 0 Å². The molecule has 0 spiro atoms. The molecule has 3 nitrogen and oxygen atoms in total. The Bertz CT molecular complexity index is 482. The summed E-state index contributed by atoms with van der Waals surface area (Å²) in [6, 6.07) is 17.1. The lowest BCUT2D eigenvalue weighted by atomic mass is 10.1. The van der Waals surface area contributed by atoms with E-state index in [9.17, 15) is 5.21 Å². The monoisotopic (exact) mass is 243 g/mol. The van der Waals surface area contributed by atoms with Crippen LogP contribution in [0.2, 0.25) is 0 Å². The first-order chi connectivity index (χ1) is 8.72. The van der Waals surface area contributed by atoms with Gasteiger partial charge in [-0.05, 0) is 36.8 Å². The van der Waals surface area contributed by atoms with E-state index in [1.165, 1.54) is 5.06 Å². The quantitative estimate of drug-likeness (QED) is 0.832. The minimum Gasteiger partial charge on any atom is -0.497 e. The van der Waals surface area contributed by atoms with Crippen molar-refractivity contribution >= 4 is 5.69 Å². The molecule has 94 valence electrons. The third kappa shape index (κ3) is 2.63. The molecule has 1 unspecified atom stereocenters. The lowest BCUT2D eigenvalue weighted by Gasteiger charge is -2.25. The first-order valence-corrected chi connectivity index (χ1v) is 5.89. The Balaban J connectivity index is 2.17. The number of benzene rings is 2. The van der Waals surface area contributed by atoms with Crippen molar-refractivity contribution in [3.05, 3.63) is 60.2 Å². The Kier molecular flexibility index (Phi) is 3.85. The molecule has 0 aliphatic rings. The molecule has 1 N–H and O–H groups in total. The highest BCUT2D eigenvalue weighted by Crippen LogP contribution is 2.26. The summed E-state index contributed by atoms with van der Waals surface area (Å²) in [5.41, 5.74) is 1.81. The summed E-state index contributed by atoms with van der Waals surface area (Å²) in [5.74, 6) is 0.777. The lowest BCUT2D eigenvalue weighted by Crippen LogP contribution is -2.22. The van der Waals surface area contributed by atoms with Crippen LogP contribution < -0.4 is 9.80 Å². The highest BCUT2D eigenvalue weighted by Gasteiger charge is 2.13. The summed E-state index contributed by atoms with van der Waals surface area (Å²) in [5, 5.41) is 11.5. The summed E-state index contributed by atoms with van der Waals surface area (Å²) in [7, 11) is 1.62. The molecule has 0 amide bonds. The van der Waals surface area contributed by atoms with E-state index in [-0.39, 0.29) is 6.04 Å². The van der Waals surface area contributed by atoms with Gasteiger partial charge in [0.2, 0.25) is 0 Å².